The van der Waals surface area contributed by atoms with Gasteiger partial charge in [-0.2, -0.15) is 0 Å². The highest BCUT2D eigenvalue weighted by Gasteiger charge is 2.12. The predicted octanol–water partition coefficient (Wildman–Crippen LogP) is 1.79. The van der Waals surface area contributed by atoms with Gasteiger partial charge in [0.05, 0.1) is 0 Å². The SMILES string of the molecule is [CH2]CCCC(=O)O[SiH](C)c1ccccc1. The summed E-state index contributed by atoms with van der Waals surface area (Å²) < 4.78 is 5.41. The molecule has 1 radical (unpaired) electrons. The number of hydrogen-bond acceptors (Lipinski definition) is 2. The second-order valence-electron chi connectivity index (χ2n) is 3.50. The summed E-state index contributed by atoms with van der Waals surface area (Å²) in [6, 6.07) is 9.96. The minimum atomic E-state index is -1.53. The van der Waals surface area contributed by atoms with Crippen LogP contribution in [0.2, 0.25) is 6.55 Å². The zero-order chi connectivity index (χ0) is 11.1. The summed E-state index contributed by atoms with van der Waals surface area (Å²) >= 11 is 0. The van der Waals surface area contributed by atoms with Crippen LogP contribution in [0, 0.1) is 6.92 Å². The Morgan fingerprint density at radius 1 is 1.40 bits per heavy atom. The van der Waals surface area contributed by atoms with Crippen LogP contribution in [0.25, 0.3) is 0 Å². The average molecular weight is 221 g/mol. The number of carbonyl (C=O) groups excluding carboxylic acids is 1. The molecule has 81 valence electrons. The molecule has 0 fully saturated rings. The van der Waals surface area contributed by atoms with Crippen LogP contribution < -0.4 is 5.19 Å². The van der Waals surface area contributed by atoms with E-state index in [1.165, 1.54) is 5.19 Å². The summed E-state index contributed by atoms with van der Waals surface area (Å²) in [5.41, 5.74) is 0. The van der Waals surface area contributed by atoms with Crippen molar-refractivity contribution in [2.75, 3.05) is 0 Å². The van der Waals surface area contributed by atoms with Gasteiger partial charge >= 0.3 is 0 Å². The molecule has 3 heteroatoms. The van der Waals surface area contributed by atoms with E-state index >= 15 is 0 Å². The van der Waals surface area contributed by atoms with Crippen LogP contribution in [-0.4, -0.2) is 15.0 Å². The lowest BCUT2D eigenvalue weighted by Gasteiger charge is -2.11. The molecular weight excluding hydrogens is 204 g/mol. The largest absolute Gasteiger partial charge is 0.518 e. The van der Waals surface area contributed by atoms with Crippen molar-refractivity contribution >= 4 is 20.2 Å². The monoisotopic (exact) mass is 221 g/mol. The first-order valence-corrected chi connectivity index (χ1v) is 7.48. The van der Waals surface area contributed by atoms with E-state index in [0.717, 1.165) is 12.8 Å². The number of hydrogen-bond donors (Lipinski definition) is 0. The third-order valence-electron chi connectivity index (χ3n) is 2.21. The van der Waals surface area contributed by atoms with E-state index < -0.39 is 9.04 Å². The van der Waals surface area contributed by atoms with Crippen LogP contribution in [0.15, 0.2) is 30.3 Å². The summed E-state index contributed by atoms with van der Waals surface area (Å²) in [6.07, 6.45) is 2.10. The van der Waals surface area contributed by atoms with E-state index in [-0.39, 0.29) is 5.97 Å². The molecule has 1 rings (SSSR count). The normalized spacial score (nSPS) is 12.1. The van der Waals surface area contributed by atoms with Crippen LogP contribution in [0.4, 0.5) is 0 Å². The van der Waals surface area contributed by atoms with Crippen molar-refractivity contribution in [3.63, 3.8) is 0 Å². The fourth-order valence-electron chi connectivity index (χ4n) is 1.32. The summed E-state index contributed by atoms with van der Waals surface area (Å²) in [5, 5.41) is 1.17. The van der Waals surface area contributed by atoms with E-state index in [1.54, 1.807) is 0 Å². The first-order chi connectivity index (χ1) is 7.24. The molecule has 0 aliphatic carbocycles. The molecular formula is C12H17O2Si. The molecule has 0 amide bonds. The van der Waals surface area contributed by atoms with Gasteiger partial charge in [0.15, 0.2) is 0 Å². The molecule has 15 heavy (non-hydrogen) atoms. The minimum Gasteiger partial charge on any atom is -0.518 e. The second kappa shape index (κ2) is 6.40. The Labute approximate surface area is 93.0 Å². The van der Waals surface area contributed by atoms with Crippen molar-refractivity contribution < 1.29 is 9.22 Å². The highest BCUT2D eigenvalue weighted by atomic mass is 28.3. The van der Waals surface area contributed by atoms with Gasteiger partial charge in [0.1, 0.15) is 0 Å². The van der Waals surface area contributed by atoms with Crippen LogP contribution in [0.5, 0.6) is 0 Å². The van der Waals surface area contributed by atoms with E-state index in [0.29, 0.717) is 6.42 Å². The lowest BCUT2D eigenvalue weighted by molar-refractivity contribution is -0.134. The molecule has 1 atom stereocenters. The number of benzene rings is 1. The highest BCUT2D eigenvalue weighted by molar-refractivity contribution is 6.67. The molecule has 1 aromatic carbocycles. The molecule has 0 saturated heterocycles. The van der Waals surface area contributed by atoms with Gasteiger partial charge in [-0.25, -0.2) is 0 Å². The third-order valence-corrected chi connectivity index (χ3v) is 4.15. The molecule has 1 aromatic rings. The zero-order valence-electron chi connectivity index (χ0n) is 9.11. The molecule has 0 saturated carbocycles. The van der Waals surface area contributed by atoms with Crippen molar-refractivity contribution in [2.24, 2.45) is 0 Å². The van der Waals surface area contributed by atoms with Gasteiger partial charge in [-0.1, -0.05) is 43.7 Å². The van der Waals surface area contributed by atoms with E-state index in [9.17, 15) is 4.79 Å². The maximum Gasteiger partial charge on any atom is 0.292 e. The van der Waals surface area contributed by atoms with Crippen molar-refractivity contribution in [1.29, 1.82) is 0 Å². The Morgan fingerprint density at radius 3 is 2.67 bits per heavy atom. The van der Waals surface area contributed by atoms with E-state index in [2.05, 4.69) is 6.92 Å². The van der Waals surface area contributed by atoms with Crippen molar-refractivity contribution in [3.05, 3.63) is 37.3 Å². The maximum atomic E-state index is 11.4. The molecule has 0 spiro atoms. The predicted molar refractivity (Wildman–Crippen MR) is 64.4 cm³/mol. The van der Waals surface area contributed by atoms with Gasteiger partial charge in [-0.05, 0) is 18.2 Å². The molecule has 0 bridgehead atoms. The topological polar surface area (TPSA) is 26.3 Å². The fourth-order valence-corrected chi connectivity index (χ4v) is 2.73. The Balaban J connectivity index is 2.42. The van der Waals surface area contributed by atoms with Crippen molar-refractivity contribution in [1.82, 2.24) is 0 Å². The third kappa shape index (κ3) is 4.30. The smallest absolute Gasteiger partial charge is 0.292 e. The van der Waals surface area contributed by atoms with Gasteiger partial charge in [0, 0.05) is 6.42 Å². The quantitative estimate of drug-likeness (QED) is 0.709. The van der Waals surface area contributed by atoms with Crippen LogP contribution in [0.3, 0.4) is 0 Å². The van der Waals surface area contributed by atoms with Gasteiger partial charge in [0.25, 0.3) is 15.0 Å². The zero-order valence-corrected chi connectivity index (χ0v) is 10.3. The Hall–Kier alpha value is -1.09. The molecule has 2 nitrogen and oxygen atoms in total. The van der Waals surface area contributed by atoms with Gasteiger partial charge < -0.3 is 4.43 Å². The second-order valence-corrected chi connectivity index (χ2v) is 5.69. The van der Waals surface area contributed by atoms with Crippen LogP contribution >= 0.6 is 0 Å². The Morgan fingerprint density at radius 2 is 2.07 bits per heavy atom. The number of rotatable bonds is 5. The number of carbonyl (C=O) groups is 1. The fraction of sp³-hybridized carbons (Fsp3) is 0.333. The van der Waals surface area contributed by atoms with Gasteiger partial charge in [0.2, 0.25) is 0 Å². The summed E-state index contributed by atoms with van der Waals surface area (Å²) in [5.74, 6) is -0.0818. The van der Waals surface area contributed by atoms with E-state index in [1.807, 2.05) is 36.9 Å². The van der Waals surface area contributed by atoms with Crippen LogP contribution in [-0.2, 0) is 9.22 Å². The van der Waals surface area contributed by atoms with Crippen molar-refractivity contribution in [3.8, 4) is 0 Å². The summed E-state index contributed by atoms with van der Waals surface area (Å²) in [7, 11) is -1.53. The maximum absolute atomic E-state index is 11.4. The first-order valence-electron chi connectivity index (χ1n) is 5.27. The first kappa shape index (κ1) is 12.0. The Bertz CT molecular complexity index is 298. The highest BCUT2D eigenvalue weighted by Crippen LogP contribution is 1.98. The molecule has 0 heterocycles. The van der Waals surface area contributed by atoms with Gasteiger partial charge in [-0.15, -0.1) is 0 Å². The lowest BCUT2D eigenvalue weighted by Crippen LogP contribution is -2.32. The molecule has 0 aliphatic heterocycles. The summed E-state index contributed by atoms with van der Waals surface area (Å²) in [4.78, 5) is 11.4. The van der Waals surface area contributed by atoms with Crippen LogP contribution in [0.1, 0.15) is 19.3 Å². The number of unbranched alkanes of at least 4 members (excludes halogenated alkanes) is 1. The van der Waals surface area contributed by atoms with E-state index in [4.69, 9.17) is 4.43 Å². The van der Waals surface area contributed by atoms with Gasteiger partial charge in [-0.3, -0.25) is 4.79 Å². The summed E-state index contributed by atoms with van der Waals surface area (Å²) in [6.45, 7) is 5.72. The molecule has 0 aliphatic rings. The lowest BCUT2D eigenvalue weighted by atomic mass is 10.3. The minimum absolute atomic E-state index is 0.0818. The molecule has 0 N–H and O–H groups in total. The average Bonchev–Trinajstić information content (AvgIpc) is 2.27. The molecule has 1 unspecified atom stereocenters. The molecule has 0 aromatic heterocycles. The standard InChI is InChI=1S/C12H17O2Si/c1-3-4-10-12(13)14-15(2)11-8-6-5-7-9-11/h5-9,15H,1,3-4,10H2,2H3. The van der Waals surface area contributed by atoms with Crippen molar-refractivity contribution in [2.45, 2.75) is 25.8 Å². The Kier molecular flexibility index (Phi) is 5.11.